The summed E-state index contributed by atoms with van der Waals surface area (Å²) in [5, 5.41) is 5.68. The predicted molar refractivity (Wildman–Crippen MR) is 86.4 cm³/mol. The summed E-state index contributed by atoms with van der Waals surface area (Å²) < 4.78 is 7.96. The Morgan fingerprint density at radius 1 is 1.05 bits per heavy atom. The van der Waals surface area contributed by atoms with E-state index in [0.29, 0.717) is 0 Å². The fourth-order valence-electron chi connectivity index (χ4n) is 3.04. The minimum atomic E-state index is -0.0163. The summed E-state index contributed by atoms with van der Waals surface area (Å²) in [6.07, 6.45) is 1.90. The van der Waals surface area contributed by atoms with E-state index in [2.05, 4.69) is 52.5 Å². The number of fused-ring (bicyclic) bond motifs is 1. The van der Waals surface area contributed by atoms with Gasteiger partial charge in [-0.3, -0.25) is 4.90 Å². The summed E-state index contributed by atoms with van der Waals surface area (Å²) in [5.74, 6) is 0. The Labute approximate surface area is 129 Å². The molecule has 1 aliphatic rings. The Kier molecular flexibility index (Phi) is 3.62. The van der Waals surface area contributed by atoms with Gasteiger partial charge in [0.1, 0.15) is 0 Å². The molecule has 0 aliphatic carbocycles. The van der Waals surface area contributed by atoms with Gasteiger partial charge in [-0.15, -0.1) is 0 Å². The summed E-state index contributed by atoms with van der Waals surface area (Å²) >= 11 is 0. The first-order chi connectivity index (χ1) is 10.9. The van der Waals surface area contributed by atoms with E-state index in [1.807, 2.05) is 23.0 Å². The van der Waals surface area contributed by atoms with Crippen LogP contribution in [0.15, 0.2) is 60.8 Å². The van der Waals surface area contributed by atoms with Gasteiger partial charge in [0.05, 0.1) is 18.3 Å². The summed E-state index contributed by atoms with van der Waals surface area (Å²) in [7, 11) is 0. The van der Waals surface area contributed by atoms with Crippen LogP contribution in [0.2, 0.25) is 0 Å². The van der Waals surface area contributed by atoms with Crippen LogP contribution in [0.5, 0.6) is 0 Å². The van der Waals surface area contributed by atoms with Crippen LogP contribution >= 0.6 is 0 Å². The second kappa shape index (κ2) is 5.91. The molecule has 0 saturated carbocycles. The lowest BCUT2D eigenvalue weighted by molar-refractivity contribution is -0.0751. The first-order valence-electron chi connectivity index (χ1n) is 7.70. The van der Waals surface area contributed by atoms with Crippen LogP contribution in [0.25, 0.3) is 10.9 Å². The average Bonchev–Trinajstić information content (AvgIpc) is 3.00. The van der Waals surface area contributed by atoms with Crippen molar-refractivity contribution in [1.82, 2.24) is 14.7 Å². The highest BCUT2D eigenvalue weighted by Gasteiger charge is 2.23. The fourth-order valence-corrected chi connectivity index (χ4v) is 3.04. The number of hydrogen-bond acceptors (Lipinski definition) is 3. The minimum absolute atomic E-state index is 0.0163. The predicted octanol–water partition coefficient (Wildman–Crippen LogP) is 3.07. The van der Waals surface area contributed by atoms with E-state index in [1.165, 1.54) is 5.56 Å². The number of hydrogen-bond donors (Lipinski definition) is 0. The highest BCUT2D eigenvalue weighted by atomic mass is 16.5. The van der Waals surface area contributed by atoms with Crippen LogP contribution < -0.4 is 0 Å². The number of morpholine rings is 1. The molecule has 22 heavy (non-hydrogen) atoms. The molecule has 1 saturated heterocycles. The van der Waals surface area contributed by atoms with Crippen LogP contribution in [0.1, 0.15) is 11.8 Å². The second-order valence-corrected chi connectivity index (χ2v) is 5.69. The molecule has 3 aromatic rings. The molecule has 4 nitrogen and oxygen atoms in total. The summed E-state index contributed by atoms with van der Waals surface area (Å²) in [4.78, 5) is 2.43. The van der Waals surface area contributed by atoms with E-state index < -0.39 is 0 Å². The fraction of sp³-hybridized carbons (Fsp3) is 0.278. The van der Waals surface area contributed by atoms with Gasteiger partial charge in [-0.25, -0.2) is 4.68 Å². The smallest absolute Gasteiger partial charge is 0.163 e. The molecular formula is C18H19N3O. The van der Waals surface area contributed by atoms with E-state index >= 15 is 0 Å². The number of aromatic nitrogens is 2. The van der Waals surface area contributed by atoms with Gasteiger partial charge in [-0.05, 0) is 11.6 Å². The molecule has 0 bridgehead atoms. The normalized spacial score (nSPS) is 19.5. The second-order valence-electron chi connectivity index (χ2n) is 5.69. The molecule has 2 heterocycles. The summed E-state index contributed by atoms with van der Waals surface area (Å²) in [6, 6.07) is 18.9. The monoisotopic (exact) mass is 293 g/mol. The van der Waals surface area contributed by atoms with Gasteiger partial charge in [-0.2, -0.15) is 5.10 Å². The molecular weight excluding hydrogens is 274 g/mol. The molecule has 4 rings (SSSR count). The quantitative estimate of drug-likeness (QED) is 0.743. The summed E-state index contributed by atoms with van der Waals surface area (Å²) in [5.41, 5.74) is 2.47. The lowest BCUT2D eigenvalue weighted by atomic mass is 10.2. The molecule has 1 unspecified atom stereocenters. The van der Waals surface area contributed by atoms with Crippen LogP contribution in [-0.4, -0.2) is 34.4 Å². The van der Waals surface area contributed by atoms with Crippen molar-refractivity contribution in [2.24, 2.45) is 0 Å². The molecule has 1 fully saturated rings. The van der Waals surface area contributed by atoms with Gasteiger partial charge in [-0.1, -0.05) is 48.5 Å². The zero-order valence-electron chi connectivity index (χ0n) is 12.4. The molecule has 112 valence electrons. The van der Waals surface area contributed by atoms with Gasteiger partial charge in [0.25, 0.3) is 0 Å². The van der Waals surface area contributed by atoms with Gasteiger partial charge >= 0.3 is 0 Å². The van der Waals surface area contributed by atoms with Crippen molar-refractivity contribution in [3.63, 3.8) is 0 Å². The van der Waals surface area contributed by atoms with Crippen molar-refractivity contribution in [2.45, 2.75) is 12.8 Å². The Bertz CT molecular complexity index is 753. The third-order valence-corrected chi connectivity index (χ3v) is 4.16. The van der Waals surface area contributed by atoms with E-state index in [0.717, 1.165) is 37.1 Å². The lowest BCUT2D eigenvalue weighted by Gasteiger charge is -2.33. The maximum Gasteiger partial charge on any atom is 0.163 e. The van der Waals surface area contributed by atoms with Crippen molar-refractivity contribution in [2.75, 3.05) is 19.7 Å². The molecule has 0 amide bonds. The van der Waals surface area contributed by atoms with Crippen LogP contribution in [-0.2, 0) is 11.3 Å². The number of nitrogens with zero attached hydrogens (tertiary/aromatic N) is 3. The molecule has 4 heteroatoms. The first kappa shape index (κ1) is 13.5. The molecule has 1 aromatic heterocycles. The zero-order valence-corrected chi connectivity index (χ0v) is 12.4. The van der Waals surface area contributed by atoms with Crippen molar-refractivity contribution in [3.8, 4) is 0 Å². The van der Waals surface area contributed by atoms with Gasteiger partial charge in [0.2, 0.25) is 0 Å². The topological polar surface area (TPSA) is 30.3 Å². The van der Waals surface area contributed by atoms with Crippen molar-refractivity contribution < 1.29 is 4.74 Å². The summed E-state index contributed by atoms with van der Waals surface area (Å²) in [6.45, 7) is 3.52. The SMILES string of the molecule is c1ccc(CN2CCOC(n3ncc4ccccc43)C2)cc1. The standard InChI is InChI=1S/C18H19N3O/c1-2-6-15(7-3-1)13-20-10-11-22-18(14-20)21-17-9-5-4-8-16(17)12-19-21/h1-9,12,18H,10-11,13-14H2. The van der Waals surface area contributed by atoms with Crippen molar-refractivity contribution in [1.29, 1.82) is 0 Å². The number of rotatable bonds is 3. The van der Waals surface area contributed by atoms with Crippen LogP contribution in [0.4, 0.5) is 0 Å². The molecule has 1 atom stereocenters. The third kappa shape index (κ3) is 2.63. The van der Waals surface area contributed by atoms with Gasteiger partial charge < -0.3 is 4.74 Å². The number of ether oxygens (including phenoxy) is 1. The molecule has 0 spiro atoms. The maximum atomic E-state index is 5.96. The minimum Gasteiger partial charge on any atom is -0.354 e. The maximum absolute atomic E-state index is 5.96. The highest BCUT2D eigenvalue weighted by Crippen LogP contribution is 2.22. The first-order valence-corrected chi connectivity index (χ1v) is 7.70. The van der Waals surface area contributed by atoms with Gasteiger partial charge in [0.15, 0.2) is 6.23 Å². The Morgan fingerprint density at radius 2 is 1.86 bits per heavy atom. The molecule has 1 aliphatic heterocycles. The van der Waals surface area contributed by atoms with Gasteiger partial charge in [0, 0.05) is 25.0 Å². The molecule has 0 radical (unpaired) electrons. The third-order valence-electron chi connectivity index (χ3n) is 4.16. The van der Waals surface area contributed by atoms with E-state index in [-0.39, 0.29) is 6.23 Å². The number of benzene rings is 2. The van der Waals surface area contributed by atoms with Crippen molar-refractivity contribution in [3.05, 3.63) is 66.4 Å². The highest BCUT2D eigenvalue weighted by molar-refractivity contribution is 5.78. The number of para-hydroxylation sites is 1. The van der Waals surface area contributed by atoms with Crippen LogP contribution in [0.3, 0.4) is 0 Å². The average molecular weight is 293 g/mol. The van der Waals surface area contributed by atoms with E-state index in [1.54, 1.807) is 0 Å². The lowest BCUT2D eigenvalue weighted by Crippen LogP contribution is -2.40. The zero-order chi connectivity index (χ0) is 14.8. The van der Waals surface area contributed by atoms with E-state index in [9.17, 15) is 0 Å². The van der Waals surface area contributed by atoms with Crippen LogP contribution in [0, 0.1) is 0 Å². The Balaban J connectivity index is 1.53. The van der Waals surface area contributed by atoms with E-state index in [4.69, 9.17) is 4.74 Å². The largest absolute Gasteiger partial charge is 0.354 e. The molecule has 2 aromatic carbocycles. The Hall–Kier alpha value is -2.17. The Morgan fingerprint density at radius 3 is 2.77 bits per heavy atom. The van der Waals surface area contributed by atoms with Crippen molar-refractivity contribution >= 4 is 10.9 Å². The molecule has 0 N–H and O–H groups in total.